The molecular weight excluding hydrogens is 525 g/mol. The molecule has 10 nitrogen and oxygen atoms in total. The molecule has 11 heteroatoms. The van der Waals surface area contributed by atoms with E-state index in [2.05, 4.69) is 16.0 Å². The van der Waals surface area contributed by atoms with Gasteiger partial charge >= 0.3 is 11.8 Å². The fourth-order valence-corrected chi connectivity index (χ4v) is 5.44. The van der Waals surface area contributed by atoms with E-state index in [1.807, 2.05) is 38.7 Å². The van der Waals surface area contributed by atoms with Crippen molar-refractivity contribution in [2.75, 3.05) is 24.5 Å². The van der Waals surface area contributed by atoms with Gasteiger partial charge in [0.15, 0.2) is 5.65 Å². The van der Waals surface area contributed by atoms with Crippen LogP contribution in [0.15, 0.2) is 41.3 Å². The number of halogens is 1. The van der Waals surface area contributed by atoms with Gasteiger partial charge in [-0.3, -0.25) is 4.98 Å². The van der Waals surface area contributed by atoms with Crippen LogP contribution in [0, 0.1) is 31.0 Å². The van der Waals surface area contributed by atoms with Gasteiger partial charge in [-0.1, -0.05) is 26.0 Å². The number of pyridine rings is 2. The number of hydrogen-bond donors (Lipinski definition) is 1. The van der Waals surface area contributed by atoms with Crippen molar-refractivity contribution in [3.63, 3.8) is 0 Å². The molecule has 1 amide bonds. The minimum Gasteiger partial charge on any atom is -0.465 e. The zero-order valence-corrected chi connectivity index (χ0v) is 23.5. The fourth-order valence-electron chi connectivity index (χ4n) is 5.44. The molecule has 0 unspecified atom stereocenters. The minimum atomic E-state index is -1.01. The Bertz CT molecular complexity index is 1790. The molecule has 41 heavy (non-hydrogen) atoms. The summed E-state index contributed by atoms with van der Waals surface area (Å²) in [5.41, 5.74) is 2.91. The summed E-state index contributed by atoms with van der Waals surface area (Å²) in [7, 11) is 0. The van der Waals surface area contributed by atoms with Gasteiger partial charge in [0.2, 0.25) is 0 Å². The molecule has 1 aliphatic rings. The van der Waals surface area contributed by atoms with Crippen LogP contribution in [-0.2, 0) is 0 Å². The van der Waals surface area contributed by atoms with E-state index < -0.39 is 17.6 Å². The Morgan fingerprint density at radius 1 is 1.20 bits per heavy atom. The molecule has 0 saturated carbocycles. The van der Waals surface area contributed by atoms with Gasteiger partial charge in [-0.05, 0) is 56.0 Å². The maximum Gasteiger partial charge on any atom is 0.407 e. The molecular formula is C30H30FN7O3. The first-order valence-electron chi connectivity index (χ1n) is 13.4. The molecule has 1 fully saturated rings. The summed E-state index contributed by atoms with van der Waals surface area (Å²) in [6.45, 7) is 10.1. The van der Waals surface area contributed by atoms with E-state index in [1.165, 1.54) is 15.5 Å². The normalized spacial score (nSPS) is 15.4. The molecule has 4 aromatic rings. The van der Waals surface area contributed by atoms with Crippen LogP contribution in [0.25, 0.3) is 28.0 Å². The first kappa shape index (κ1) is 27.7. The lowest BCUT2D eigenvalue weighted by Gasteiger charge is -2.39. The van der Waals surface area contributed by atoms with Crippen molar-refractivity contribution < 1.29 is 14.3 Å². The lowest BCUT2D eigenvalue weighted by atomic mass is 10.00. The number of piperazine rings is 1. The van der Waals surface area contributed by atoms with Crippen molar-refractivity contribution in [2.24, 2.45) is 0 Å². The van der Waals surface area contributed by atoms with Gasteiger partial charge in [0, 0.05) is 37.4 Å². The van der Waals surface area contributed by atoms with Gasteiger partial charge in [-0.15, -0.1) is 0 Å². The predicted octanol–water partition coefficient (Wildman–Crippen LogP) is 4.78. The van der Waals surface area contributed by atoms with Gasteiger partial charge < -0.3 is 14.9 Å². The zero-order valence-electron chi connectivity index (χ0n) is 23.5. The molecule has 1 atom stereocenters. The van der Waals surface area contributed by atoms with Crippen LogP contribution in [0.5, 0.6) is 0 Å². The summed E-state index contributed by atoms with van der Waals surface area (Å²) in [5.74, 6) is -0.145. The van der Waals surface area contributed by atoms with Crippen molar-refractivity contribution in [3.8, 4) is 23.0 Å². The number of aromatic nitrogens is 4. The van der Waals surface area contributed by atoms with E-state index in [1.54, 1.807) is 31.3 Å². The second-order valence-corrected chi connectivity index (χ2v) is 10.6. The number of carboxylic acid groups (broad SMARTS) is 1. The molecule has 1 saturated heterocycles. The molecule has 1 aliphatic heterocycles. The highest BCUT2D eigenvalue weighted by Gasteiger charge is 2.31. The first-order chi connectivity index (χ1) is 19.5. The number of fused-ring (bicyclic) bond motifs is 1. The largest absolute Gasteiger partial charge is 0.465 e. The SMILES string of the molecule is Cc1ccnc(C(C)C)c1-n1c(=O)nc(N2CCN(C(=O)O)C[C@@H]2C)c2cc(C#N)c(-c3cccc(F)c3C)nc21. The Labute approximate surface area is 236 Å². The van der Waals surface area contributed by atoms with Crippen molar-refractivity contribution in [1.82, 2.24) is 24.4 Å². The second-order valence-electron chi connectivity index (χ2n) is 10.6. The summed E-state index contributed by atoms with van der Waals surface area (Å²) in [6, 6.07) is 9.93. The van der Waals surface area contributed by atoms with Crippen molar-refractivity contribution >= 4 is 22.9 Å². The average molecular weight is 556 g/mol. The number of nitrogens with zero attached hydrogens (tertiary/aromatic N) is 7. The predicted molar refractivity (Wildman–Crippen MR) is 153 cm³/mol. The number of carbonyl (C=O) groups is 1. The Morgan fingerprint density at radius 2 is 1.95 bits per heavy atom. The van der Waals surface area contributed by atoms with Crippen molar-refractivity contribution in [1.29, 1.82) is 5.26 Å². The Balaban J connectivity index is 1.88. The van der Waals surface area contributed by atoms with Crippen molar-refractivity contribution in [3.05, 3.63) is 75.2 Å². The van der Waals surface area contributed by atoms with Crippen LogP contribution in [0.3, 0.4) is 0 Å². The van der Waals surface area contributed by atoms with Gasteiger partial charge in [0.1, 0.15) is 17.7 Å². The highest BCUT2D eigenvalue weighted by molar-refractivity contribution is 5.92. The summed E-state index contributed by atoms with van der Waals surface area (Å²) < 4.78 is 16.0. The lowest BCUT2D eigenvalue weighted by Crippen LogP contribution is -2.54. The van der Waals surface area contributed by atoms with Crippen LogP contribution >= 0.6 is 0 Å². The van der Waals surface area contributed by atoms with Crippen LogP contribution in [0.2, 0.25) is 0 Å². The third-order valence-corrected chi connectivity index (χ3v) is 7.59. The number of benzene rings is 1. The van der Waals surface area contributed by atoms with E-state index in [0.29, 0.717) is 40.3 Å². The monoisotopic (exact) mass is 555 g/mol. The molecule has 0 bridgehead atoms. The number of anilines is 1. The standard InChI is InChI=1S/C30H30FN7O3/c1-16(2)24-26(17(3)9-10-33-24)38-28-22(13-20(14-32)25(34-28)21-7-6-8-23(31)19(21)5)27(35-29(38)39)37-12-11-36(30(40)41)15-18(37)4/h6-10,13,16,18H,11-12,15H2,1-5H3,(H,40,41)/t18-/m0/s1. The number of nitriles is 1. The zero-order chi connectivity index (χ0) is 29.6. The molecule has 0 radical (unpaired) electrons. The molecule has 3 aromatic heterocycles. The highest BCUT2D eigenvalue weighted by atomic mass is 19.1. The third-order valence-electron chi connectivity index (χ3n) is 7.59. The van der Waals surface area contributed by atoms with E-state index in [4.69, 9.17) is 4.98 Å². The maximum absolute atomic E-state index is 14.6. The smallest absolute Gasteiger partial charge is 0.407 e. The second kappa shape index (κ2) is 10.6. The number of aryl methyl sites for hydroxylation is 1. The summed E-state index contributed by atoms with van der Waals surface area (Å²) in [5, 5.41) is 20.1. The van der Waals surface area contributed by atoms with E-state index in [0.717, 1.165) is 5.56 Å². The molecule has 4 heterocycles. The average Bonchev–Trinajstić information content (AvgIpc) is 2.93. The Morgan fingerprint density at radius 3 is 2.61 bits per heavy atom. The third kappa shape index (κ3) is 4.75. The van der Waals surface area contributed by atoms with E-state index in [9.17, 15) is 24.3 Å². The Kier molecular flexibility index (Phi) is 7.17. The van der Waals surface area contributed by atoms with E-state index >= 15 is 0 Å². The molecule has 5 rings (SSSR count). The minimum absolute atomic E-state index is 0.0287. The quantitative estimate of drug-likeness (QED) is 0.381. The molecule has 1 N–H and O–H groups in total. The molecule has 0 spiro atoms. The van der Waals surface area contributed by atoms with Crippen LogP contribution in [0.1, 0.15) is 49.1 Å². The molecule has 210 valence electrons. The van der Waals surface area contributed by atoms with E-state index in [-0.39, 0.29) is 42.0 Å². The van der Waals surface area contributed by atoms with Crippen LogP contribution in [0.4, 0.5) is 15.0 Å². The lowest BCUT2D eigenvalue weighted by molar-refractivity contribution is 0.136. The fraction of sp³-hybridized carbons (Fsp3) is 0.333. The molecule has 0 aliphatic carbocycles. The maximum atomic E-state index is 14.6. The summed E-state index contributed by atoms with van der Waals surface area (Å²) in [4.78, 5) is 42.7. The summed E-state index contributed by atoms with van der Waals surface area (Å²) in [6.07, 6.45) is 0.678. The van der Waals surface area contributed by atoms with Gasteiger partial charge in [-0.2, -0.15) is 10.2 Å². The molecule has 1 aromatic carbocycles. The summed E-state index contributed by atoms with van der Waals surface area (Å²) >= 11 is 0. The number of hydrogen-bond acceptors (Lipinski definition) is 7. The van der Waals surface area contributed by atoms with Crippen LogP contribution < -0.4 is 10.6 Å². The topological polar surface area (TPSA) is 128 Å². The van der Waals surface area contributed by atoms with Gasteiger partial charge in [0.25, 0.3) is 0 Å². The van der Waals surface area contributed by atoms with Gasteiger partial charge in [-0.25, -0.2) is 23.5 Å². The highest BCUT2D eigenvalue weighted by Crippen LogP contribution is 2.34. The first-order valence-corrected chi connectivity index (χ1v) is 13.4. The Hall–Kier alpha value is -4.85. The number of rotatable bonds is 4. The van der Waals surface area contributed by atoms with Gasteiger partial charge in [0.05, 0.1) is 28.0 Å². The number of amides is 1. The van der Waals surface area contributed by atoms with Crippen molar-refractivity contribution in [2.45, 2.75) is 46.6 Å². The van der Waals surface area contributed by atoms with Crippen LogP contribution in [-0.4, -0.2) is 61.3 Å².